The van der Waals surface area contributed by atoms with Crippen LogP contribution in [-0.4, -0.2) is 32.2 Å². The molecule has 0 aromatic heterocycles. The number of hydrogen-bond donors (Lipinski definition) is 3. The fourth-order valence-electron chi connectivity index (χ4n) is 3.61. The number of hydrogen-bond acceptors (Lipinski definition) is 2. The maximum Gasteiger partial charge on any atom is 0.314 e. The summed E-state index contributed by atoms with van der Waals surface area (Å²) in [5.41, 5.74) is 2.58. The first-order valence-corrected chi connectivity index (χ1v) is 9.65. The van der Waals surface area contributed by atoms with Gasteiger partial charge in [-0.15, -0.1) is 12.4 Å². The second-order valence-electron chi connectivity index (χ2n) is 6.99. The Morgan fingerprint density at radius 2 is 1.48 bits per heavy atom. The minimum atomic E-state index is -0.0524. The Morgan fingerprint density at radius 3 is 2.04 bits per heavy atom. The zero-order valence-electron chi connectivity index (χ0n) is 15.7. The summed E-state index contributed by atoms with van der Waals surface area (Å²) in [6.45, 7) is 3.55. The van der Waals surface area contributed by atoms with Crippen LogP contribution in [0.3, 0.4) is 0 Å². The van der Waals surface area contributed by atoms with Crippen LogP contribution < -0.4 is 16.0 Å². The molecule has 4 nitrogen and oxygen atoms in total. The van der Waals surface area contributed by atoms with E-state index in [0.29, 0.717) is 18.4 Å². The normalized spacial score (nSPS) is 14.4. The Hall–Kier alpha value is -2.04. The van der Waals surface area contributed by atoms with Gasteiger partial charge in [0.05, 0.1) is 0 Å². The summed E-state index contributed by atoms with van der Waals surface area (Å²) in [6, 6.07) is 21.0. The van der Waals surface area contributed by atoms with Gasteiger partial charge in [-0.25, -0.2) is 4.79 Å². The van der Waals surface area contributed by atoms with Crippen molar-refractivity contribution in [2.24, 2.45) is 5.92 Å². The summed E-state index contributed by atoms with van der Waals surface area (Å²) in [7, 11) is 0. The average Bonchev–Trinajstić information content (AvgIpc) is 2.72. The van der Waals surface area contributed by atoms with Crippen molar-refractivity contribution < 1.29 is 4.79 Å². The van der Waals surface area contributed by atoms with Crippen molar-refractivity contribution in [2.75, 3.05) is 26.2 Å². The lowest BCUT2D eigenvalue weighted by atomic mass is 9.88. The summed E-state index contributed by atoms with van der Waals surface area (Å²) >= 11 is 0. The minimum Gasteiger partial charge on any atom is -0.338 e. The Labute approximate surface area is 168 Å². The Kier molecular flexibility index (Phi) is 9.16. The zero-order chi connectivity index (χ0) is 18.0. The quantitative estimate of drug-likeness (QED) is 0.674. The van der Waals surface area contributed by atoms with Crippen molar-refractivity contribution in [3.05, 3.63) is 71.8 Å². The molecule has 27 heavy (non-hydrogen) atoms. The molecule has 1 saturated heterocycles. The molecular weight excluding hydrogens is 358 g/mol. The summed E-state index contributed by atoms with van der Waals surface area (Å²) in [4.78, 5) is 12.1. The van der Waals surface area contributed by atoms with Crippen molar-refractivity contribution in [2.45, 2.75) is 25.2 Å². The summed E-state index contributed by atoms with van der Waals surface area (Å²) in [5.74, 6) is 0.894. The molecule has 1 heterocycles. The third-order valence-electron chi connectivity index (χ3n) is 5.13. The maximum absolute atomic E-state index is 12.1. The highest BCUT2D eigenvalue weighted by Crippen LogP contribution is 2.27. The van der Waals surface area contributed by atoms with Gasteiger partial charge in [0.25, 0.3) is 0 Å². The molecule has 1 aliphatic heterocycles. The van der Waals surface area contributed by atoms with E-state index < -0.39 is 0 Å². The van der Waals surface area contributed by atoms with E-state index in [4.69, 9.17) is 0 Å². The van der Waals surface area contributed by atoms with E-state index in [0.717, 1.165) is 38.9 Å². The molecule has 3 rings (SSSR count). The highest BCUT2D eigenvalue weighted by molar-refractivity contribution is 5.85. The Morgan fingerprint density at radius 1 is 0.926 bits per heavy atom. The second kappa shape index (κ2) is 11.6. The van der Waals surface area contributed by atoms with Gasteiger partial charge in [0.2, 0.25) is 0 Å². The van der Waals surface area contributed by atoms with Crippen LogP contribution in [0.4, 0.5) is 4.79 Å². The Balaban J connectivity index is 0.00000261. The van der Waals surface area contributed by atoms with Crippen LogP contribution in [0.5, 0.6) is 0 Å². The van der Waals surface area contributed by atoms with E-state index in [1.54, 1.807) is 0 Å². The zero-order valence-corrected chi connectivity index (χ0v) is 16.5. The van der Waals surface area contributed by atoms with Gasteiger partial charge in [0, 0.05) is 19.0 Å². The van der Waals surface area contributed by atoms with Crippen molar-refractivity contribution in [3.8, 4) is 0 Å². The lowest BCUT2D eigenvalue weighted by Gasteiger charge is -2.23. The van der Waals surface area contributed by atoms with E-state index in [-0.39, 0.29) is 18.4 Å². The lowest BCUT2D eigenvalue weighted by molar-refractivity contribution is 0.236. The standard InChI is InChI=1S/C22H29N3O.ClH/c26-22(25-17-18-11-14-23-15-12-18)24-16-13-21(19-7-3-1-4-8-19)20-9-5-2-6-10-20;/h1-10,18,21,23H,11-17H2,(H2,24,25,26);1H. The van der Waals surface area contributed by atoms with Crippen molar-refractivity contribution in [1.82, 2.24) is 16.0 Å². The number of nitrogens with one attached hydrogen (secondary N) is 3. The number of amides is 2. The Bertz CT molecular complexity index is 620. The number of carbonyl (C=O) groups is 1. The molecule has 2 aromatic carbocycles. The molecule has 0 bridgehead atoms. The van der Waals surface area contributed by atoms with Crippen molar-refractivity contribution in [1.29, 1.82) is 0 Å². The first kappa shape index (κ1) is 21.3. The van der Waals surface area contributed by atoms with Crippen LogP contribution in [0.15, 0.2) is 60.7 Å². The molecule has 2 aromatic rings. The highest BCUT2D eigenvalue weighted by Gasteiger charge is 2.15. The number of benzene rings is 2. The molecule has 3 N–H and O–H groups in total. The number of carbonyl (C=O) groups excluding carboxylic acids is 1. The monoisotopic (exact) mass is 387 g/mol. The molecule has 0 saturated carbocycles. The third kappa shape index (κ3) is 6.89. The van der Waals surface area contributed by atoms with Crippen molar-refractivity contribution in [3.63, 3.8) is 0 Å². The van der Waals surface area contributed by atoms with Crippen LogP contribution >= 0.6 is 12.4 Å². The topological polar surface area (TPSA) is 53.2 Å². The predicted molar refractivity (Wildman–Crippen MR) is 114 cm³/mol. The maximum atomic E-state index is 12.1. The smallest absolute Gasteiger partial charge is 0.314 e. The van der Waals surface area contributed by atoms with Gasteiger partial charge < -0.3 is 16.0 Å². The first-order valence-electron chi connectivity index (χ1n) is 9.65. The van der Waals surface area contributed by atoms with E-state index in [1.807, 2.05) is 12.1 Å². The summed E-state index contributed by atoms with van der Waals surface area (Å²) in [5, 5.41) is 9.41. The van der Waals surface area contributed by atoms with Crippen LogP contribution in [0.2, 0.25) is 0 Å². The molecule has 0 unspecified atom stereocenters. The van der Waals surface area contributed by atoms with Crippen LogP contribution in [0, 0.1) is 5.92 Å². The van der Waals surface area contributed by atoms with Crippen LogP contribution in [-0.2, 0) is 0 Å². The molecule has 0 radical (unpaired) electrons. The van der Waals surface area contributed by atoms with E-state index in [1.165, 1.54) is 11.1 Å². The lowest BCUT2D eigenvalue weighted by Crippen LogP contribution is -2.41. The number of urea groups is 1. The average molecular weight is 388 g/mol. The summed E-state index contributed by atoms with van der Waals surface area (Å²) < 4.78 is 0. The molecular formula is C22H30ClN3O. The van der Waals surface area contributed by atoms with Crippen molar-refractivity contribution >= 4 is 18.4 Å². The molecule has 1 fully saturated rings. The molecule has 0 aliphatic carbocycles. The van der Waals surface area contributed by atoms with Gasteiger partial charge >= 0.3 is 6.03 Å². The van der Waals surface area contributed by atoms with E-state index >= 15 is 0 Å². The van der Waals surface area contributed by atoms with Gasteiger partial charge in [-0.2, -0.15) is 0 Å². The summed E-state index contributed by atoms with van der Waals surface area (Å²) in [6.07, 6.45) is 3.17. The SMILES string of the molecule is Cl.O=C(NCCC(c1ccccc1)c1ccccc1)NCC1CCNCC1. The van der Waals surface area contributed by atoms with Crippen LogP contribution in [0.25, 0.3) is 0 Å². The predicted octanol–water partition coefficient (Wildman–Crippen LogP) is 3.93. The van der Waals surface area contributed by atoms with Gasteiger partial charge in [-0.1, -0.05) is 60.7 Å². The first-order chi connectivity index (χ1) is 12.8. The third-order valence-corrected chi connectivity index (χ3v) is 5.13. The molecule has 146 valence electrons. The highest BCUT2D eigenvalue weighted by atomic mass is 35.5. The molecule has 5 heteroatoms. The fraction of sp³-hybridized carbons (Fsp3) is 0.409. The minimum absolute atomic E-state index is 0. The van der Waals surface area contributed by atoms with Gasteiger partial charge in [0.1, 0.15) is 0 Å². The number of piperidine rings is 1. The van der Waals surface area contributed by atoms with Crippen LogP contribution in [0.1, 0.15) is 36.3 Å². The molecule has 1 aliphatic rings. The fourth-order valence-corrected chi connectivity index (χ4v) is 3.61. The van der Waals surface area contributed by atoms with E-state index in [9.17, 15) is 4.79 Å². The number of rotatable bonds is 7. The molecule has 0 spiro atoms. The second-order valence-corrected chi connectivity index (χ2v) is 6.99. The number of halogens is 1. The van der Waals surface area contributed by atoms with E-state index in [2.05, 4.69) is 64.5 Å². The van der Waals surface area contributed by atoms with Gasteiger partial charge in [0.15, 0.2) is 0 Å². The van der Waals surface area contributed by atoms with Gasteiger partial charge in [-0.05, 0) is 49.4 Å². The molecule has 0 atom stereocenters. The van der Waals surface area contributed by atoms with Gasteiger partial charge in [-0.3, -0.25) is 0 Å². The molecule has 2 amide bonds. The largest absolute Gasteiger partial charge is 0.338 e.